The van der Waals surface area contributed by atoms with Crippen molar-refractivity contribution in [3.05, 3.63) is 29.8 Å². The predicted octanol–water partition coefficient (Wildman–Crippen LogP) is 3.56. The Kier molecular flexibility index (Phi) is 5.90. The topological polar surface area (TPSA) is 29.5 Å². The zero-order valence-electron chi connectivity index (χ0n) is 12.4. The summed E-state index contributed by atoms with van der Waals surface area (Å²) < 4.78 is 4.95. The first-order chi connectivity index (χ1) is 9.79. The lowest BCUT2D eigenvalue weighted by atomic mass is 10.1. The van der Waals surface area contributed by atoms with Crippen LogP contribution in [-0.2, 0) is 16.0 Å². The molecule has 3 nitrogen and oxygen atoms in total. The third-order valence-electron chi connectivity index (χ3n) is 3.83. The molecule has 0 aromatic heterocycles. The van der Waals surface area contributed by atoms with E-state index in [4.69, 9.17) is 4.74 Å². The minimum atomic E-state index is -0.107. The summed E-state index contributed by atoms with van der Waals surface area (Å²) in [6.07, 6.45) is 6.54. The number of anilines is 1. The van der Waals surface area contributed by atoms with Crippen molar-refractivity contribution in [2.24, 2.45) is 0 Å². The molecule has 1 aromatic rings. The molecule has 1 saturated heterocycles. The third kappa shape index (κ3) is 4.55. The molecule has 1 aliphatic rings. The number of hydrogen-bond donors (Lipinski definition) is 0. The Morgan fingerprint density at radius 1 is 1.10 bits per heavy atom. The number of aryl methyl sites for hydroxylation is 1. The standard InChI is InChI=1S/C17H25NO2/c1-2-20-17(19)12-9-15-7-10-16(11-8-15)18-13-5-3-4-6-14-18/h7-8,10-11H,2-6,9,12-14H2,1H3. The van der Waals surface area contributed by atoms with Gasteiger partial charge in [-0.2, -0.15) is 0 Å². The Morgan fingerprint density at radius 3 is 2.35 bits per heavy atom. The highest BCUT2D eigenvalue weighted by Crippen LogP contribution is 2.20. The Balaban J connectivity index is 1.87. The summed E-state index contributed by atoms with van der Waals surface area (Å²) in [5, 5.41) is 0. The predicted molar refractivity (Wildman–Crippen MR) is 82.1 cm³/mol. The second kappa shape index (κ2) is 7.93. The molecule has 0 N–H and O–H groups in total. The number of carbonyl (C=O) groups is 1. The molecular weight excluding hydrogens is 250 g/mol. The van der Waals surface area contributed by atoms with Crippen molar-refractivity contribution in [3.63, 3.8) is 0 Å². The molecule has 0 aliphatic carbocycles. The number of rotatable bonds is 5. The Hall–Kier alpha value is -1.51. The average Bonchev–Trinajstić information content (AvgIpc) is 2.75. The lowest BCUT2D eigenvalue weighted by Gasteiger charge is -2.22. The van der Waals surface area contributed by atoms with E-state index in [1.807, 2.05) is 6.92 Å². The normalized spacial score (nSPS) is 15.8. The number of hydrogen-bond acceptors (Lipinski definition) is 3. The van der Waals surface area contributed by atoms with Crippen molar-refractivity contribution in [2.45, 2.75) is 45.4 Å². The first-order valence-electron chi connectivity index (χ1n) is 7.79. The summed E-state index contributed by atoms with van der Waals surface area (Å²) >= 11 is 0. The lowest BCUT2D eigenvalue weighted by molar-refractivity contribution is -0.143. The van der Waals surface area contributed by atoms with Crippen LogP contribution in [-0.4, -0.2) is 25.7 Å². The van der Waals surface area contributed by atoms with Crippen LogP contribution in [0.4, 0.5) is 5.69 Å². The van der Waals surface area contributed by atoms with Crippen LogP contribution in [0, 0.1) is 0 Å². The quantitative estimate of drug-likeness (QED) is 0.769. The van der Waals surface area contributed by atoms with Gasteiger partial charge in [-0.25, -0.2) is 0 Å². The monoisotopic (exact) mass is 275 g/mol. The van der Waals surface area contributed by atoms with Gasteiger partial charge in [0.2, 0.25) is 0 Å². The van der Waals surface area contributed by atoms with Crippen molar-refractivity contribution < 1.29 is 9.53 Å². The summed E-state index contributed by atoms with van der Waals surface area (Å²) in [4.78, 5) is 13.8. The second-order valence-corrected chi connectivity index (χ2v) is 5.37. The minimum Gasteiger partial charge on any atom is -0.466 e. The van der Waals surface area contributed by atoms with Crippen LogP contribution in [0.1, 0.15) is 44.6 Å². The second-order valence-electron chi connectivity index (χ2n) is 5.37. The maximum absolute atomic E-state index is 11.3. The maximum atomic E-state index is 11.3. The van der Waals surface area contributed by atoms with Crippen LogP contribution in [0.3, 0.4) is 0 Å². The third-order valence-corrected chi connectivity index (χ3v) is 3.83. The molecule has 1 aromatic carbocycles. The van der Waals surface area contributed by atoms with Gasteiger partial charge in [0.15, 0.2) is 0 Å². The largest absolute Gasteiger partial charge is 0.466 e. The van der Waals surface area contributed by atoms with Crippen LogP contribution < -0.4 is 4.90 Å². The van der Waals surface area contributed by atoms with Crippen molar-refractivity contribution >= 4 is 11.7 Å². The summed E-state index contributed by atoms with van der Waals surface area (Å²) in [7, 11) is 0. The molecule has 1 aliphatic heterocycles. The van der Waals surface area contributed by atoms with Crippen molar-refractivity contribution in [2.75, 3.05) is 24.6 Å². The van der Waals surface area contributed by atoms with Crippen LogP contribution in [0.2, 0.25) is 0 Å². The summed E-state index contributed by atoms with van der Waals surface area (Å²) in [5.41, 5.74) is 2.52. The average molecular weight is 275 g/mol. The molecule has 0 atom stereocenters. The van der Waals surface area contributed by atoms with Gasteiger partial charge in [0, 0.05) is 25.2 Å². The van der Waals surface area contributed by atoms with Gasteiger partial charge in [0.1, 0.15) is 0 Å². The SMILES string of the molecule is CCOC(=O)CCc1ccc(N2CCCCCC2)cc1. The van der Waals surface area contributed by atoms with E-state index in [-0.39, 0.29) is 5.97 Å². The van der Waals surface area contributed by atoms with E-state index >= 15 is 0 Å². The highest BCUT2D eigenvalue weighted by Gasteiger charge is 2.10. The van der Waals surface area contributed by atoms with Gasteiger partial charge in [-0.1, -0.05) is 25.0 Å². The zero-order valence-corrected chi connectivity index (χ0v) is 12.4. The molecule has 1 fully saturated rings. The van der Waals surface area contributed by atoms with Gasteiger partial charge >= 0.3 is 5.97 Å². The highest BCUT2D eigenvalue weighted by molar-refractivity contribution is 5.69. The fourth-order valence-electron chi connectivity index (χ4n) is 2.68. The summed E-state index contributed by atoms with van der Waals surface area (Å²) in [6.45, 7) is 4.64. The first kappa shape index (κ1) is 14.9. The fraction of sp³-hybridized carbons (Fsp3) is 0.588. The molecule has 110 valence electrons. The number of carbonyl (C=O) groups excluding carboxylic acids is 1. The maximum Gasteiger partial charge on any atom is 0.306 e. The molecule has 0 bridgehead atoms. The Morgan fingerprint density at radius 2 is 1.75 bits per heavy atom. The van der Waals surface area contributed by atoms with Gasteiger partial charge in [0.05, 0.1) is 6.61 Å². The van der Waals surface area contributed by atoms with Crippen molar-refractivity contribution in [1.29, 1.82) is 0 Å². The Bertz CT molecular complexity index is 406. The van der Waals surface area contributed by atoms with E-state index in [2.05, 4.69) is 29.2 Å². The summed E-state index contributed by atoms with van der Waals surface area (Å²) in [5.74, 6) is -0.107. The van der Waals surface area contributed by atoms with Crippen LogP contribution in [0.15, 0.2) is 24.3 Å². The lowest BCUT2D eigenvalue weighted by Crippen LogP contribution is -2.23. The van der Waals surface area contributed by atoms with E-state index in [9.17, 15) is 4.79 Å². The van der Waals surface area contributed by atoms with Crippen LogP contribution in [0.5, 0.6) is 0 Å². The molecule has 0 amide bonds. The highest BCUT2D eigenvalue weighted by atomic mass is 16.5. The molecule has 0 unspecified atom stereocenters. The van der Waals surface area contributed by atoms with Gasteiger partial charge in [-0.15, -0.1) is 0 Å². The molecule has 0 spiro atoms. The van der Waals surface area contributed by atoms with E-state index in [0.717, 1.165) is 6.42 Å². The smallest absolute Gasteiger partial charge is 0.306 e. The fourth-order valence-corrected chi connectivity index (χ4v) is 2.68. The van der Waals surface area contributed by atoms with Gasteiger partial charge in [-0.3, -0.25) is 4.79 Å². The van der Waals surface area contributed by atoms with E-state index in [1.165, 1.54) is 50.0 Å². The zero-order chi connectivity index (χ0) is 14.2. The minimum absolute atomic E-state index is 0.107. The molecule has 0 radical (unpaired) electrons. The van der Waals surface area contributed by atoms with Crippen LogP contribution in [0.25, 0.3) is 0 Å². The molecule has 1 heterocycles. The molecule has 2 rings (SSSR count). The summed E-state index contributed by atoms with van der Waals surface area (Å²) in [6, 6.07) is 8.65. The first-order valence-corrected chi connectivity index (χ1v) is 7.79. The van der Waals surface area contributed by atoms with Gasteiger partial charge in [-0.05, 0) is 43.9 Å². The van der Waals surface area contributed by atoms with Crippen molar-refractivity contribution in [3.8, 4) is 0 Å². The number of esters is 1. The van der Waals surface area contributed by atoms with Crippen LogP contribution >= 0.6 is 0 Å². The number of ether oxygens (including phenoxy) is 1. The van der Waals surface area contributed by atoms with Gasteiger partial charge in [0.25, 0.3) is 0 Å². The Labute approximate surface area is 121 Å². The van der Waals surface area contributed by atoms with Gasteiger partial charge < -0.3 is 9.64 Å². The van der Waals surface area contributed by atoms with E-state index < -0.39 is 0 Å². The molecule has 0 saturated carbocycles. The molecule has 3 heteroatoms. The number of benzene rings is 1. The van der Waals surface area contributed by atoms with E-state index in [1.54, 1.807) is 0 Å². The molecule has 20 heavy (non-hydrogen) atoms. The van der Waals surface area contributed by atoms with E-state index in [0.29, 0.717) is 13.0 Å². The van der Waals surface area contributed by atoms with Crippen molar-refractivity contribution in [1.82, 2.24) is 0 Å². The molecular formula is C17H25NO2. The number of nitrogens with zero attached hydrogens (tertiary/aromatic N) is 1.